The van der Waals surface area contributed by atoms with Gasteiger partial charge >= 0.3 is 0 Å². The number of ketones is 1. The first-order valence-electron chi connectivity index (χ1n) is 6.83. The van der Waals surface area contributed by atoms with E-state index in [2.05, 4.69) is 10.2 Å². The Hall–Kier alpha value is -1.21. The number of sulfonamides is 1. The molecule has 7 heteroatoms. The van der Waals surface area contributed by atoms with Crippen molar-refractivity contribution in [2.45, 2.75) is 44.9 Å². The van der Waals surface area contributed by atoms with E-state index >= 15 is 0 Å². The molecule has 20 heavy (non-hydrogen) atoms. The van der Waals surface area contributed by atoms with Crippen molar-refractivity contribution in [2.24, 2.45) is 5.92 Å². The quantitative estimate of drug-likeness (QED) is 0.911. The maximum atomic E-state index is 12.6. The molecule has 0 aromatic carbocycles. The third kappa shape index (κ3) is 2.93. The molecule has 0 spiro atoms. The molecule has 6 nitrogen and oxygen atoms in total. The van der Waals surface area contributed by atoms with Crippen LogP contribution in [0.25, 0.3) is 0 Å². The van der Waals surface area contributed by atoms with E-state index in [4.69, 9.17) is 0 Å². The van der Waals surface area contributed by atoms with Crippen LogP contribution in [0.5, 0.6) is 0 Å². The first-order chi connectivity index (χ1) is 9.32. The number of aromatic amines is 1. The van der Waals surface area contributed by atoms with Crippen LogP contribution in [0.2, 0.25) is 0 Å². The smallest absolute Gasteiger partial charge is 0.246 e. The van der Waals surface area contributed by atoms with Gasteiger partial charge in [0.25, 0.3) is 0 Å². The van der Waals surface area contributed by atoms with E-state index in [0.29, 0.717) is 41.7 Å². The zero-order valence-corrected chi connectivity index (χ0v) is 13.0. The van der Waals surface area contributed by atoms with E-state index in [1.54, 1.807) is 20.8 Å². The van der Waals surface area contributed by atoms with Gasteiger partial charge in [0.1, 0.15) is 10.7 Å². The average Bonchev–Trinajstić information content (AvgIpc) is 2.69. The van der Waals surface area contributed by atoms with Crippen LogP contribution >= 0.6 is 0 Å². The number of piperidine rings is 1. The summed E-state index contributed by atoms with van der Waals surface area (Å²) in [5.41, 5.74) is 1.08. The third-order valence-corrected chi connectivity index (χ3v) is 5.97. The molecule has 1 aromatic heterocycles. The lowest BCUT2D eigenvalue weighted by atomic mass is 9.93. The molecule has 0 atom stereocenters. The number of nitrogens with zero attached hydrogens (tertiary/aromatic N) is 2. The van der Waals surface area contributed by atoms with Gasteiger partial charge in [-0.05, 0) is 39.5 Å². The Morgan fingerprint density at radius 2 is 1.95 bits per heavy atom. The van der Waals surface area contributed by atoms with E-state index in [-0.39, 0.29) is 5.78 Å². The van der Waals surface area contributed by atoms with Crippen molar-refractivity contribution in [3.8, 4) is 0 Å². The maximum Gasteiger partial charge on any atom is 0.246 e. The van der Waals surface area contributed by atoms with Crippen molar-refractivity contribution in [3.63, 3.8) is 0 Å². The van der Waals surface area contributed by atoms with Gasteiger partial charge in [0.05, 0.1) is 11.4 Å². The predicted molar refractivity (Wildman–Crippen MR) is 74.8 cm³/mol. The second kappa shape index (κ2) is 5.65. The lowest BCUT2D eigenvalue weighted by molar-refractivity contribution is -0.118. The molecule has 1 aliphatic heterocycles. The summed E-state index contributed by atoms with van der Waals surface area (Å²) in [4.78, 5) is 11.4. The Balaban J connectivity index is 2.12. The molecule has 2 rings (SSSR count). The van der Waals surface area contributed by atoms with E-state index in [9.17, 15) is 13.2 Å². The van der Waals surface area contributed by atoms with E-state index in [0.717, 1.165) is 12.8 Å². The molecule has 1 aromatic rings. The molecular formula is C13H21N3O3S. The number of aryl methyl sites for hydroxylation is 2. The Morgan fingerprint density at radius 1 is 1.35 bits per heavy atom. The van der Waals surface area contributed by atoms with Crippen molar-refractivity contribution >= 4 is 15.8 Å². The SMILES string of the molecule is CC(=O)CC1CCN(S(=O)(=O)c2c(C)n[nH]c2C)CC1. The fourth-order valence-corrected chi connectivity index (χ4v) is 4.61. The minimum atomic E-state index is -3.48. The Bertz CT molecular complexity index is 579. The minimum absolute atomic E-state index is 0.174. The largest absolute Gasteiger partial charge is 0.300 e. The molecule has 1 saturated heterocycles. The zero-order valence-electron chi connectivity index (χ0n) is 12.1. The van der Waals surface area contributed by atoms with Crippen LogP contribution in [-0.2, 0) is 14.8 Å². The number of hydrogen-bond acceptors (Lipinski definition) is 4. The van der Waals surface area contributed by atoms with Crippen molar-refractivity contribution < 1.29 is 13.2 Å². The van der Waals surface area contributed by atoms with Crippen molar-refractivity contribution in [2.75, 3.05) is 13.1 Å². The summed E-state index contributed by atoms with van der Waals surface area (Å²) in [6.07, 6.45) is 2.04. The topological polar surface area (TPSA) is 83.1 Å². The fraction of sp³-hybridized carbons (Fsp3) is 0.692. The number of carbonyl (C=O) groups excluding carboxylic acids is 1. The highest BCUT2D eigenvalue weighted by Gasteiger charge is 2.32. The lowest BCUT2D eigenvalue weighted by Gasteiger charge is -2.30. The summed E-state index contributed by atoms with van der Waals surface area (Å²) < 4.78 is 26.7. The van der Waals surface area contributed by atoms with Gasteiger partial charge in [-0.15, -0.1) is 0 Å². The molecular weight excluding hydrogens is 278 g/mol. The molecule has 0 bridgehead atoms. The highest BCUT2D eigenvalue weighted by Crippen LogP contribution is 2.27. The molecule has 0 saturated carbocycles. The molecule has 112 valence electrons. The summed E-state index contributed by atoms with van der Waals surface area (Å²) in [5, 5.41) is 6.67. The van der Waals surface area contributed by atoms with E-state index < -0.39 is 10.0 Å². The average molecular weight is 299 g/mol. The van der Waals surface area contributed by atoms with Gasteiger partial charge in [-0.1, -0.05) is 0 Å². The Kier molecular flexibility index (Phi) is 4.29. The van der Waals surface area contributed by atoms with E-state index in [1.165, 1.54) is 4.31 Å². The molecule has 1 fully saturated rings. The van der Waals surface area contributed by atoms with Gasteiger partial charge in [0.2, 0.25) is 10.0 Å². The fourth-order valence-electron chi connectivity index (χ4n) is 2.81. The second-order valence-electron chi connectivity index (χ2n) is 5.52. The Morgan fingerprint density at radius 3 is 2.40 bits per heavy atom. The van der Waals surface area contributed by atoms with Gasteiger partial charge in [-0.3, -0.25) is 5.10 Å². The highest BCUT2D eigenvalue weighted by molar-refractivity contribution is 7.89. The standard InChI is InChI=1S/C13H21N3O3S/c1-9(17)8-12-4-6-16(7-5-12)20(18,19)13-10(2)14-15-11(13)3/h12H,4-8H2,1-3H3,(H,14,15). The summed E-state index contributed by atoms with van der Waals surface area (Å²) >= 11 is 0. The van der Waals surface area contributed by atoms with Crippen LogP contribution in [0.1, 0.15) is 37.6 Å². The van der Waals surface area contributed by atoms with Gasteiger partial charge < -0.3 is 4.79 Å². The second-order valence-corrected chi connectivity index (χ2v) is 7.39. The van der Waals surface area contributed by atoms with Crippen LogP contribution in [-0.4, -0.2) is 41.8 Å². The predicted octanol–water partition coefficient (Wildman–Crippen LogP) is 1.41. The normalized spacial score (nSPS) is 18.4. The van der Waals surface area contributed by atoms with Crippen LogP contribution in [0.3, 0.4) is 0 Å². The van der Waals surface area contributed by atoms with Gasteiger partial charge in [0, 0.05) is 19.5 Å². The van der Waals surface area contributed by atoms with Crippen molar-refractivity contribution in [1.82, 2.24) is 14.5 Å². The summed E-state index contributed by atoms with van der Waals surface area (Å²) in [6, 6.07) is 0. The Labute approximate surface area is 119 Å². The van der Waals surface area contributed by atoms with Gasteiger partial charge in [0.15, 0.2) is 0 Å². The minimum Gasteiger partial charge on any atom is -0.300 e. The molecule has 2 heterocycles. The number of aromatic nitrogens is 2. The maximum absolute atomic E-state index is 12.6. The van der Waals surface area contributed by atoms with Crippen LogP contribution < -0.4 is 0 Å². The number of Topliss-reactive ketones (excluding diaryl/α,β-unsaturated/α-hetero) is 1. The number of hydrogen-bond donors (Lipinski definition) is 1. The first kappa shape index (κ1) is 15.2. The molecule has 0 unspecified atom stereocenters. The zero-order chi connectivity index (χ0) is 14.9. The number of H-pyrrole nitrogens is 1. The first-order valence-corrected chi connectivity index (χ1v) is 8.27. The number of rotatable bonds is 4. The number of carbonyl (C=O) groups is 1. The van der Waals surface area contributed by atoms with Crippen LogP contribution in [0, 0.1) is 19.8 Å². The molecule has 0 radical (unpaired) electrons. The van der Waals surface area contributed by atoms with Gasteiger partial charge in [-0.25, -0.2) is 8.42 Å². The van der Waals surface area contributed by atoms with E-state index in [1.807, 2.05) is 0 Å². The summed E-state index contributed by atoms with van der Waals surface area (Å²) in [7, 11) is -3.48. The molecule has 1 aliphatic rings. The summed E-state index contributed by atoms with van der Waals surface area (Å²) in [6.45, 7) is 5.95. The lowest BCUT2D eigenvalue weighted by Crippen LogP contribution is -2.39. The molecule has 0 aliphatic carbocycles. The monoisotopic (exact) mass is 299 g/mol. The van der Waals surface area contributed by atoms with Gasteiger partial charge in [-0.2, -0.15) is 9.40 Å². The summed E-state index contributed by atoms with van der Waals surface area (Å²) in [5.74, 6) is 0.485. The van der Waals surface area contributed by atoms with Crippen LogP contribution in [0.4, 0.5) is 0 Å². The third-order valence-electron chi connectivity index (χ3n) is 3.81. The number of nitrogens with one attached hydrogen (secondary N) is 1. The van der Waals surface area contributed by atoms with Crippen LogP contribution in [0.15, 0.2) is 4.90 Å². The van der Waals surface area contributed by atoms with Crippen molar-refractivity contribution in [1.29, 1.82) is 0 Å². The van der Waals surface area contributed by atoms with Crippen molar-refractivity contribution in [3.05, 3.63) is 11.4 Å². The molecule has 1 N–H and O–H groups in total. The molecule has 0 amide bonds. The highest BCUT2D eigenvalue weighted by atomic mass is 32.2.